The van der Waals surface area contributed by atoms with Crippen LogP contribution in [0.25, 0.3) is 0 Å². The van der Waals surface area contributed by atoms with Crippen LogP contribution in [-0.2, 0) is 5.41 Å². The Morgan fingerprint density at radius 2 is 1.80 bits per heavy atom. The number of aromatic nitrogens is 1. The molecule has 3 heteroatoms. The summed E-state index contributed by atoms with van der Waals surface area (Å²) in [5.74, 6) is 1.36. The minimum atomic E-state index is 0.0749. The van der Waals surface area contributed by atoms with Gasteiger partial charge in [0.25, 0.3) is 0 Å². The summed E-state index contributed by atoms with van der Waals surface area (Å²) in [4.78, 5) is 4.49. The van der Waals surface area contributed by atoms with Gasteiger partial charge in [-0.25, -0.2) is 4.98 Å². The summed E-state index contributed by atoms with van der Waals surface area (Å²) in [6, 6.07) is 14.4. The number of hydrogen-bond donors (Lipinski definition) is 1. The second-order valence-corrected chi connectivity index (χ2v) is 6.25. The SMILES string of the molecule is CC(C)(C)c1ccc(NC(CCl)c2ccccc2)nc1. The molecule has 0 amide bonds. The molecule has 1 N–H and O–H groups in total. The van der Waals surface area contributed by atoms with Gasteiger partial charge in [-0.2, -0.15) is 0 Å². The van der Waals surface area contributed by atoms with Crippen molar-refractivity contribution in [3.63, 3.8) is 0 Å². The van der Waals surface area contributed by atoms with Crippen LogP contribution in [-0.4, -0.2) is 10.9 Å². The molecule has 1 aromatic heterocycles. The number of nitrogens with zero attached hydrogens (tertiary/aromatic N) is 1. The average molecular weight is 289 g/mol. The van der Waals surface area contributed by atoms with E-state index in [0.29, 0.717) is 5.88 Å². The molecule has 1 atom stereocenters. The lowest BCUT2D eigenvalue weighted by Gasteiger charge is -2.20. The molecule has 0 aliphatic carbocycles. The largest absolute Gasteiger partial charge is 0.362 e. The van der Waals surface area contributed by atoms with E-state index in [-0.39, 0.29) is 11.5 Å². The molecular weight excluding hydrogens is 268 g/mol. The number of alkyl halides is 1. The van der Waals surface area contributed by atoms with Crippen molar-refractivity contribution in [3.8, 4) is 0 Å². The first kappa shape index (κ1) is 14.9. The Labute approximate surface area is 126 Å². The Bertz CT molecular complexity index is 529. The fourth-order valence-corrected chi connectivity index (χ4v) is 2.25. The van der Waals surface area contributed by atoms with Crippen molar-refractivity contribution in [2.45, 2.75) is 32.2 Å². The van der Waals surface area contributed by atoms with Crippen LogP contribution in [0.4, 0.5) is 5.82 Å². The van der Waals surface area contributed by atoms with E-state index in [1.807, 2.05) is 30.5 Å². The number of nitrogens with one attached hydrogen (secondary N) is 1. The summed E-state index contributed by atoms with van der Waals surface area (Å²) < 4.78 is 0. The zero-order valence-corrected chi connectivity index (χ0v) is 13.0. The van der Waals surface area contributed by atoms with E-state index in [9.17, 15) is 0 Å². The summed E-state index contributed by atoms with van der Waals surface area (Å²) in [6.07, 6.45) is 1.93. The van der Waals surface area contributed by atoms with Crippen LogP contribution in [0, 0.1) is 0 Å². The molecule has 0 saturated heterocycles. The van der Waals surface area contributed by atoms with Crippen LogP contribution in [0.5, 0.6) is 0 Å². The highest BCUT2D eigenvalue weighted by atomic mass is 35.5. The molecule has 2 rings (SSSR count). The first-order valence-corrected chi connectivity index (χ1v) is 7.38. The van der Waals surface area contributed by atoms with Crippen LogP contribution in [0.15, 0.2) is 48.7 Å². The molecule has 1 aromatic carbocycles. The van der Waals surface area contributed by atoms with Gasteiger partial charge in [-0.1, -0.05) is 57.2 Å². The molecule has 1 heterocycles. The van der Waals surface area contributed by atoms with Gasteiger partial charge in [-0.05, 0) is 22.6 Å². The summed E-state index contributed by atoms with van der Waals surface area (Å²) in [5, 5.41) is 3.38. The highest BCUT2D eigenvalue weighted by Gasteiger charge is 2.15. The Morgan fingerprint density at radius 1 is 1.10 bits per heavy atom. The highest BCUT2D eigenvalue weighted by molar-refractivity contribution is 6.18. The van der Waals surface area contributed by atoms with Crippen molar-refractivity contribution >= 4 is 17.4 Å². The lowest BCUT2D eigenvalue weighted by Crippen LogP contribution is -2.15. The van der Waals surface area contributed by atoms with Gasteiger partial charge in [0.15, 0.2) is 0 Å². The van der Waals surface area contributed by atoms with Crippen LogP contribution >= 0.6 is 11.6 Å². The van der Waals surface area contributed by atoms with E-state index in [1.165, 1.54) is 11.1 Å². The maximum absolute atomic E-state index is 6.07. The molecule has 2 aromatic rings. The van der Waals surface area contributed by atoms with Crippen molar-refractivity contribution in [3.05, 3.63) is 59.8 Å². The van der Waals surface area contributed by atoms with Crippen LogP contribution in [0.3, 0.4) is 0 Å². The maximum Gasteiger partial charge on any atom is 0.126 e. The second kappa shape index (κ2) is 6.27. The van der Waals surface area contributed by atoms with E-state index >= 15 is 0 Å². The quantitative estimate of drug-likeness (QED) is 0.820. The summed E-state index contributed by atoms with van der Waals surface area (Å²) in [7, 11) is 0. The number of pyridine rings is 1. The molecule has 0 aliphatic heterocycles. The van der Waals surface area contributed by atoms with Gasteiger partial charge in [-0.3, -0.25) is 0 Å². The number of hydrogen-bond acceptors (Lipinski definition) is 2. The second-order valence-electron chi connectivity index (χ2n) is 5.94. The Kier molecular flexibility index (Phi) is 4.66. The fourth-order valence-electron chi connectivity index (χ4n) is 2.00. The molecule has 0 fully saturated rings. The molecule has 0 aliphatic rings. The third-order valence-corrected chi connectivity index (χ3v) is 3.62. The van der Waals surface area contributed by atoms with Gasteiger partial charge in [0.1, 0.15) is 5.82 Å². The third kappa shape index (κ3) is 3.73. The van der Waals surface area contributed by atoms with Gasteiger partial charge >= 0.3 is 0 Å². The Hall–Kier alpha value is -1.54. The predicted molar refractivity (Wildman–Crippen MR) is 86.5 cm³/mol. The van der Waals surface area contributed by atoms with E-state index < -0.39 is 0 Å². The minimum absolute atomic E-state index is 0.0749. The molecule has 0 saturated carbocycles. The normalized spacial score (nSPS) is 13.0. The van der Waals surface area contributed by atoms with Gasteiger partial charge in [-0.15, -0.1) is 11.6 Å². The molecule has 2 nitrogen and oxygen atoms in total. The number of rotatable bonds is 4. The first-order valence-electron chi connectivity index (χ1n) is 6.84. The number of benzene rings is 1. The van der Waals surface area contributed by atoms with Crippen LogP contribution in [0.1, 0.15) is 37.9 Å². The number of anilines is 1. The predicted octanol–water partition coefficient (Wildman–Crippen LogP) is 4.77. The van der Waals surface area contributed by atoms with E-state index in [1.54, 1.807) is 0 Å². The molecule has 106 valence electrons. The average Bonchev–Trinajstić information content (AvgIpc) is 2.45. The summed E-state index contributed by atoms with van der Waals surface area (Å²) in [5.41, 5.74) is 2.52. The van der Waals surface area contributed by atoms with E-state index in [2.05, 4.69) is 49.3 Å². The van der Waals surface area contributed by atoms with Gasteiger partial charge in [0.05, 0.1) is 6.04 Å². The highest BCUT2D eigenvalue weighted by Crippen LogP contribution is 2.24. The summed E-state index contributed by atoms with van der Waals surface area (Å²) in [6.45, 7) is 6.55. The first-order chi connectivity index (χ1) is 9.50. The van der Waals surface area contributed by atoms with Gasteiger partial charge in [0, 0.05) is 12.1 Å². The molecule has 0 bridgehead atoms. The van der Waals surface area contributed by atoms with Crippen molar-refractivity contribution in [1.29, 1.82) is 0 Å². The lowest BCUT2D eigenvalue weighted by atomic mass is 9.88. The zero-order chi connectivity index (χ0) is 14.6. The van der Waals surface area contributed by atoms with Crippen molar-refractivity contribution in [2.24, 2.45) is 0 Å². The molecule has 20 heavy (non-hydrogen) atoms. The van der Waals surface area contributed by atoms with Gasteiger partial charge < -0.3 is 5.32 Å². The summed E-state index contributed by atoms with van der Waals surface area (Å²) >= 11 is 6.07. The third-order valence-electron chi connectivity index (χ3n) is 3.31. The standard InChI is InChI=1S/C17H21ClN2/c1-17(2,3)14-9-10-16(19-12-14)20-15(11-18)13-7-5-4-6-8-13/h4-10,12,15H,11H2,1-3H3,(H,19,20). The van der Waals surface area contributed by atoms with Crippen molar-refractivity contribution < 1.29 is 0 Å². The van der Waals surface area contributed by atoms with Crippen LogP contribution in [0.2, 0.25) is 0 Å². The topological polar surface area (TPSA) is 24.9 Å². The van der Waals surface area contributed by atoms with Crippen LogP contribution < -0.4 is 5.32 Å². The van der Waals surface area contributed by atoms with E-state index in [0.717, 1.165) is 5.82 Å². The van der Waals surface area contributed by atoms with Crippen molar-refractivity contribution in [1.82, 2.24) is 4.98 Å². The molecular formula is C17H21ClN2. The smallest absolute Gasteiger partial charge is 0.126 e. The molecule has 1 unspecified atom stereocenters. The minimum Gasteiger partial charge on any atom is -0.362 e. The van der Waals surface area contributed by atoms with E-state index in [4.69, 9.17) is 11.6 Å². The van der Waals surface area contributed by atoms with Gasteiger partial charge in [0.2, 0.25) is 0 Å². The lowest BCUT2D eigenvalue weighted by molar-refractivity contribution is 0.587. The molecule has 0 spiro atoms. The Morgan fingerprint density at radius 3 is 2.30 bits per heavy atom. The fraction of sp³-hybridized carbons (Fsp3) is 0.353. The number of halogens is 1. The maximum atomic E-state index is 6.07. The zero-order valence-electron chi connectivity index (χ0n) is 12.2. The molecule has 0 radical (unpaired) electrons. The van der Waals surface area contributed by atoms with Crippen molar-refractivity contribution in [2.75, 3.05) is 11.2 Å². The Balaban J connectivity index is 2.13. The monoisotopic (exact) mass is 288 g/mol.